The van der Waals surface area contributed by atoms with Crippen molar-refractivity contribution in [2.45, 2.75) is 6.92 Å². The second-order valence-electron chi connectivity index (χ2n) is 2.81. The number of aryl methyl sites for hydroxylation is 1. The summed E-state index contributed by atoms with van der Waals surface area (Å²) in [4.78, 5) is 10.2. The molecule has 1 N–H and O–H groups in total. The molecule has 1 rings (SSSR count). The fourth-order valence-electron chi connectivity index (χ4n) is 1.02. The molecule has 0 saturated heterocycles. The van der Waals surface area contributed by atoms with Crippen molar-refractivity contribution in [2.75, 3.05) is 0 Å². The highest BCUT2D eigenvalue weighted by Crippen LogP contribution is 2.22. The average molecular weight is 259 g/mol. The predicted octanol–water partition coefficient (Wildman–Crippen LogP) is 2.99. The third-order valence-electron chi connectivity index (χ3n) is 1.65. The number of carbonyl (C=O) groups is 1. The van der Waals surface area contributed by atoms with E-state index in [1.807, 2.05) is 0 Å². The molecule has 0 aliphatic heterocycles. The first-order chi connectivity index (χ1) is 6.50. The number of benzene rings is 1. The van der Waals surface area contributed by atoms with Crippen molar-refractivity contribution >= 4 is 28.0 Å². The third kappa shape index (κ3) is 2.67. The van der Waals surface area contributed by atoms with Crippen molar-refractivity contribution in [3.05, 3.63) is 39.6 Å². The van der Waals surface area contributed by atoms with E-state index >= 15 is 0 Å². The van der Waals surface area contributed by atoms with Gasteiger partial charge in [0.15, 0.2) is 0 Å². The lowest BCUT2D eigenvalue weighted by molar-refractivity contribution is -0.131. The van der Waals surface area contributed by atoms with Gasteiger partial charge in [0.25, 0.3) is 0 Å². The molecule has 0 aromatic heterocycles. The molecular formula is C10H8BrFO2. The van der Waals surface area contributed by atoms with Gasteiger partial charge in [0, 0.05) is 6.08 Å². The molecule has 0 radical (unpaired) electrons. The Kier molecular flexibility index (Phi) is 3.41. The van der Waals surface area contributed by atoms with E-state index in [0.29, 0.717) is 10.0 Å². The average Bonchev–Trinajstić information content (AvgIpc) is 2.10. The van der Waals surface area contributed by atoms with Crippen molar-refractivity contribution in [3.8, 4) is 0 Å². The van der Waals surface area contributed by atoms with Crippen molar-refractivity contribution in [3.63, 3.8) is 0 Å². The summed E-state index contributed by atoms with van der Waals surface area (Å²) in [5.41, 5.74) is 1.26. The van der Waals surface area contributed by atoms with Gasteiger partial charge >= 0.3 is 5.97 Å². The van der Waals surface area contributed by atoms with Gasteiger partial charge in [0.1, 0.15) is 5.82 Å². The standard InChI is InChI=1S/C10H8BrFO2/c1-6-4-7(2-3-9(13)14)5-8(12)10(6)11/h2-5H,1H3,(H,13,14)/b3-2+. The highest BCUT2D eigenvalue weighted by Gasteiger charge is 2.03. The molecule has 74 valence electrons. The van der Waals surface area contributed by atoms with Crippen LogP contribution in [-0.4, -0.2) is 11.1 Å². The van der Waals surface area contributed by atoms with E-state index < -0.39 is 11.8 Å². The number of hydrogen-bond acceptors (Lipinski definition) is 1. The lowest BCUT2D eigenvalue weighted by Gasteiger charge is -2.01. The van der Waals surface area contributed by atoms with Gasteiger partial charge in [-0.15, -0.1) is 0 Å². The summed E-state index contributed by atoms with van der Waals surface area (Å²) in [5.74, 6) is -1.44. The third-order valence-corrected chi connectivity index (χ3v) is 2.66. The van der Waals surface area contributed by atoms with Gasteiger partial charge in [-0.1, -0.05) is 6.07 Å². The monoisotopic (exact) mass is 258 g/mol. The Morgan fingerprint density at radius 2 is 2.21 bits per heavy atom. The zero-order valence-electron chi connectivity index (χ0n) is 7.42. The quantitative estimate of drug-likeness (QED) is 0.829. The van der Waals surface area contributed by atoms with Crippen molar-refractivity contribution in [2.24, 2.45) is 0 Å². The number of carboxylic acids is 1. The Labute approximate surface area is 89.2 Å². The maximum absolute atomic E-state index is 13.1. The number of hydrogen-bond donors (Lipinski definition) is 1. The summed E-state index contributed by atoms with van der Waals surface area (Å²) in [6.45, 7) is 1.74. The predicted molar refractivity (Wildman–Crippen MR) is 55.5 cm³/mol. The van der Waals surface area contributed by atoms with Crippen LogP contribution in [0.25, 0.3) is 6.08 Å². The summed E-state index contributed by atoms with van der Waals surface area (Å²) in [5, 5.41) is 8.38. The molecule has 1 aromatic carbocycles. The molecule has 1 aromatic rings. The molecule has 0 aliphatic carbocycles. The van der Waals surface area contributed by atoms with Crippen LogP contribution < -0.4 is 0 Å². The highest BCUT2D eigenvalue weighted by atomic mass is 79.9. The van der Waals surface area contributed by atoms with Crippen LogP contribution in [0.15, 0.2) is 22.7 Å². The van der Waals surface area contributed by atoms with Gasteiger partial charge in [-0.25, -0.2) is 9.18 Å². The van der Waals surface area contributed by atoms with E-state index in [2.05, 4.69) is 15.9 Å². The van der Waals surface area contributed by atoms with Crippen LogP contribution in [0, 0.1) is 12.7 Å². The highest BCUT2D eigenvalue weighted by molar-refractivity contribution is 9.10. The summed E-state index contributed by atoms with van der Waals surface area (Å²) in [6.07, 6.45) is 2.33. The van der Waals surface area contributed by atoms with Gasteiger partial charge in [-0.05, 0) is 46.1 Å². The van der Waals surface area contributed by atoms with Crippen LogP contribution in [0.5, 0.6) is 0 Å². The number of halogens is 2. The second kappa shape index (κ2) is 4.37. The van der Waals surface area contributed by atoms with Crippen molar-refractivity contribution in [1.29, 1.82) is 0 Å². The molecule has 0 atom stereocenters. The van der Waals surface area contributed by atoms with Gasteiger partial charge in [-0.3, -0.25) is 0 Å². The number of rotatable bonds is 2. The van der Waals surface area contributed by atoms with Crippen LogP contribution in [0.3, 0.4) is 0 Å². The molecule has 4 heteroatoms. The lowest BCUT2D eigenvalue weighted by atomic mass is 10.1. The summed E-state index contributed by atoms with van der Waals surface area (Å²) >= 11 is 3.08. The zero-order valence-corrected chi connectivity index (χ0v) is 9.01. The maximum atomic E-state index is 13.1. The van der Waals surface area contributed by atoms with Crippen LogP contribution in [-0.2, 0) is 4.79 Å². The first-order valence-electron chi connectivity index (χ1n) is 3.87. The SMILES string of the molecule is Cc1cc(/C=C/C(=O)O)cc(F)c1Br. The Morgan fingerprint density at radius 1 is 1.57 bits per heavy atom. The van der Waals surface area contributed by atoms with Crippen LogP contribution in [0.1, 0.15) is 11.1 Å². The van der Waals surface area contributed by atoms with Gasteiger partial charge < -0.3 is 5.11 Å². The minimum atomic E-state index is -1.05. The largest absolute Gasteiger partial charge is 0.478 e. The van der Waals surface area contributed by atoms with E-state index in [4.69, 9.17) is 5.11 Å². The lowest BCUT2D eigenvalue weighted by Crippen LogP contribution is -1.88. The van der Waals surface area contributed by atoms with Gasteiger partial charge in [0.05, 0.1) is 4.47 Å². The number of carboxylic acid groups (broad SMARTS) is 1. The molecule has 0 amide bonds. The van der Waals surface area contributed by atoms with E-state index in [9.17, 15) is 9.18 Å². The molecule has 2 nitrogen and oxygen atoms in total. The molecule has 0 aliphatic rings. The fraction of sp³-hybridized carbons (Fsp3) is 0.100. The first kappa shape index (κ1) is 10.9. The fourth-order valence-corrected chi connectivity index (χ4v) is 1.25. The Bertz CT molecular complexity index is 376. The molecule has 0 heterocycles. The van der Waals surface area contributed by atoms with Crippen molar-refractivity contribution < 1.29 is 14.3 Å². The van der Waals surface area contributed by atoms with E-state index in [0.717, 1.165) is 11.6 Å². The Balaban J connectivity index is 3.07. The smallest absolute Gasteiger partial charge is 0.328 e. The summed E-state index contributed by atoms with van der Waals surface area (Å²) < 4.78 is 13.5. The topological polar surface area (TPSA) is 37.3 Å². The Morgan fingerprint density at radius 3 is 2.71 bits per heavy atom. The van der Waals surface area contributed by atoms with E-state index in [1.165, 1.54) is 12.1 Å². The summed E-state index contributed by atoms with van der Waals surface area (Å²) in [6, 6.07) is 2.98. The normalized spacial score (nSPS) is 10.8. The molecule has 0 saturated carbocycles. The Hall–Kier alpha value is -1.16. The van der Waals surface area contributed by atoms with E-state index in [-0.39, 0.29) is 0 Å². The summed E-state index contributed by atoms with van der Waals surface area (Å²) in [7, 11) is 0. The minimum absolute atomic E-state index is 0.393. The van der Waals surface area contributed by atoms with Crippen LogP contribution >= 0.6 is 15.9 Å². The van der Waals surface area contributed by atoms with Crippen molar-refractivity contribution in [1.82, 2.24) is 0 Å². The molecular weight excluding hydrogens is 251 g/mol. The van der Waals surface area contributed by atoms with Crippen LogP contribution in [0.2, 0.25) is 0 Å². The van der Waals surface area contributed by atoms with Gasteiger partial charge in [-0.2, -0.15) is 0 Å². The molecule has 0 fully saturated rings. The van der Waals surface area contributed by atoms with E-state index in [1.54, 1.807) is 13.0 Å². The van der Waals surface area contributed by atoms with Gasteiger partial charge in [0.2, 0.25) is 0 Å². The molecule has 0 spiro atoms. The molecule has 0 unspecified atom stereocenters. The zero-order chi connectivity index (χ0) is 10.7. The molecule has 14 heavy (non-hydrogen) atoms. The molecule has 0 bridgehead atoms. The van der Waals surface area contributed by atoms with Crippen LogP contribution in [0.4, 0.5) is 4.39 Å². The number of aliphatic carboxylic acids is 1. The second-order valence-corrected chi connectivity index (χ2v) is 3.60. The maximum Gasteiger partial charge on any atom is 0.328 e. The minimum Gasteiger partial charge on any atom is -0.478 e. The first-order valence-corrected chi connectivity index (χ1v) is 4.66.